The van der Waals surface area contributed by atoms with Gasteiger partial charge in [-0.2, -0.15) is 4.31 Å². The van der Waals surface area contributed by atoms with E-state index in [0.29, 0.717) is 23.4 Å². The van der Waals surface area contributed by atoms with E-state index >= 15 is 0 Å². The largest absolute Gasteiger partial charge is 0.369 e. The Morgan fingerprint density at radius 1 is 1.29 bits per heavy atom. The van der Waals surface area contributed by atoms with Crippen LogP contribution >= 0.6 is 23.2 Å². The van der Waals surface area contributed by atoms with Gasteiger partial charge in [-0.1, -0.05) is 23.2 Å². The molecule has 2 rings (SSSR count). The lowest BCUT2D eigenvalue weighted by Crippen LogP contribution is -2.41. The number of carbonyl (C=O) groups is 1. The topological polar surface area (TPSA) is 80.5 Å². The summed E-state index contributed by atoms with van der Waals surface area (Å²) in [5, 5.41) is 0.561. The smallest absolute Gasteiger partial charge is 0.244 e. The molecule has 0 radical (unpaired) electrons. The molecule has 0 spiro atoms. The first-order valence-electron chi connectivity index (χ1n) is 6.49. The number of hydrogen-bond donors (Lipinski definition) is 1. The molecule has 0 aromatic heterocycles. The first-order chi connectivity index (χ1) is 9.75. The summed E-state index contributed by atoms with van der Waals surface area (Å²) in [7, 11) is -3.69. The Morgan fingerprint density at radius 3 is 2.38 bits per heavy atom. The van der Waals surface area contributed by atoms with Gasteiger partial charge in [0, 0.05) is 24.0 Å². The van der Waals surface area contributed by atoms with Crippen molar-refractivity contribution in [3.63, 3.8) is 0 Å². The van der Waals surface area contributed by atoms with Crippen LogP contribution in [0.1, 0.15) is 18.4 Å². The molecule has 1 aliphatic heterocycles. The quantitative estimate of drug-likeness (QED) is 0.906. The number of rotatable bonds is 3. The summed E-state index contributed by atoms with van der Waals surface area (Å²) in [6.07, 6.45) is 0.859. The van der Waals surface area contributed by atoms with E-state index in [2.05, 4.69) is 0 Å². The Bertz CT molecular complexity index is 668. The first-order valence-corrected chi connectivity index (χ1v) is 8.69. The number of nitrogens with two attached hydrogens (primary N) is 1. The van der Waals surface area contributed by atoms with Crippen molar-refractivity contribution in [1.82, 2.24) is 4.31 Å². The number of sulfonamides is 1. The molecular weight excluding hydrogens is 335 g/mol. The van der Waals surface area contributed by atoms with Gasteiger partial charge in [-0.15, -0.1) is 0 Å². The van der Waals surface area contributed by atoms with E-state index in [1.54, 1.807) is 6.92 Å². The molecule has 1 aromatic carbocycles. The molecule has 1 fully saturated rings. The highest BCUT2D eigenvalue weighted by atomic mass is 35.5. The number of carbonyl (C=O) groups excluding carboxylic acids is 1. The number of benzene rings is 1. The second kappa shape index (κ2) is 6.12. The molecule has 1 heterocycles. The normalized spacial score (nSPS) is 17.9. The Balaban J connectivity index is 2.28. The molecule has 5 nitrogen and oxygen atoms in total. The minimum absolute atomic E-state index is 0.0450. The molecule has 0 atom stereocenters. The van der Waals surface area contributed by atoms with Crippen LogP contribution in [-0.2, 0) is 14.8 Å². The van der Waals surface area contributed by atoms with Gasteiger partial charge in [0.25, 0.3) is 0 Å². The summed E-state index contributed by atoms with van der Waals surface area (Å²) < 4.78 is 26.6. The van der Waals surface area contributed by atoms with Crippen LogP contribution in [0.4, 0.5) is 0 Å². The fourth-order valence-corrected chi connectivity index (χ4v) is 4.61. The van der Waals surface area contributed by atoms with Crippen molar-refractivity contribution in [3.8, 4) is 0 Å². The molecule has 1 amide bonds. The number of piperidine rings is 1. The second-order valence-corrected chi connectivity index (χ2v) is 7.76. The van der Waals surface area contributed by atoms with Gasteiger partial charge < -0.3 is 5.73 Å². The summed E-state index contributed by atoms with van der Waals surface area (Å²) in [6, 6.07) is 2.93. The molecule has 0 unspecified atom stereocenters. The third kappa shape index (κ3) is 3.18. The summed E-state index contributed by atoms with van der Waals surface area (Å²) in [5.74, 6) is -0.647. The fraction of sp³-hybridized carbons (Fsp3) is 0.462. The zero-order valence-corrected chi connectivity index (χ0v) is 13.8. The maximum Gasteiger partial charge on any atom is 0.244 e. The second-order valence-electron chi connectivity index (χ2n) is 5.07. The van der Waals surface area contributed by atoms with Gasteiger partial charge >= 0.3 is 0 Å². The lowest BCUT2D eigenvalue weighted by atomic mass is 9.98. The minimum atomic E-state index is -3.69. The highest BCUT2D eigenvalue weighted by Gasteiger charge is 2.32. The van der Waals surface area contributed by atoms with Crippen LogP contribution in [0, 0.1) is 12.8 Å². The molecular formula is C13H16Cl2N2O3S. The molecule has 21 heavy (non-hydrogen) atoms. The van der Waals surface area contributed by atoms with Crippen LogP contribution in [0.5, 0.6) is 0 Å². The van der Waals surface area contributed by atoms with Crippen molar-refractivity contribution >= 4 is 39.1 Å². The van der Waals surface area contributed by atoms with E-state index in [4.69, 9.17) is 28.9 Å². The van der Waals surface area contributed by atoms with Crippen molar-refractivity contribution in [2.75, 3.05) is 13.1 Å². The Labute approximate surface area is 134 Å². The molecule has 1 saturated heterocycles. The van der Waals surface area contributed by atoms with Gasteiger partial charge in [0.15, 0.2) is 0 Å². The third-order valence-electron chi connectivity index (χ3n) is 3.76. The van der Waals surface area contributed by atoms with Gasteiger partial charge in [0.05, 0.1) is 5.02 Å². The predicted octanol–water partition coefficient (Wildman–Crippen LogP) is 2.19. The van der Waals surface area contributed by atoms with E-state index in [1.165, 1.54) is 16.4 Å². The van der Waals surface area contributed by atoms with Crippen molar-refractivity contribution in [2.24, 2.45) is 11.7 Å². The zero-order valence-electron chi connectivity index (χ0n) is 11.5. The minimum Gasteiger partial charge on any atom is -0.369 e. The standard InChI is InChI=1S/C13H16Cl2N2O3S/c1-8-10(14)2-3-11(12(8)15)21(19,20)17-6-4-9(5-7-17)13(16)18/h2-3,9H,4-7H2,1H3,(H2,16,18). The number of hydrogen-bond acceptors (Lipinski definition) is 3. The van der Waals surface area contributed by atoms with E-state index < -0.39 is 10.0 Å². The van der Waals surface area contributed by atoms with E-state index in [1.807, 2.05) is 0 Å². The maximum atomic E-state index is 12.6. The van der Waals surface area contributed by atoms with Crippen molar-refractivity contribution in [1.29, 1.82) is 0 Å². The molecule has 0 saturated carbocycles. The van der Waals surface area contributed by atoms with Crippen LogP contribution in [0.25, 0.3) is 0 Å². The molecule has 1 aromatic rings. The average Bonchev–Trinajstić information content (AvgIpc) is 2.44. The van der Waals surface area contributed by atoms with Crippen LogP contribution in [0.2, 0.25) is 10.0 Å². The van der Waals surface area contributed by atoms with Crippen molar-refractivity contribution in [2.45, 2.75) is 24.7 Å². The van der Waals surface area contributed by atoms with Crippen molar-refractivity contribution < 1.29 is 13.2 Å². The van der Waals surface area contributed by atoms with Gasteiger partial charge in [-0.05, 0) is 37.5 Å². The third-order valence-corrected chi connectivity index (χ3v) is 6.71. The Morgan fingerprint density at radius 2 is 1.86 bits per heavy atom. The molecule has 116 valence electrons. The highest BCUT2D eigenvalue weighted by Crippen LogP contribution is 2.33. The van der Waals surface area contributed by atoms with Gasteiger partial charge in [-0.25, -0.2) is 8.42 Å². The number of nitrogens with zero attached hydrogens (tertiary/aromatic N) is 1. The summed E-state index contributed by atoms with van der Waals surface area (Å²) in [5.41, 5.74) is 5.78. The predicted molar refractivity (Wildman–Crippen MR) is 81.9 cm³/mol. The van der Waals surface area contributed by atoms with Crippen LogP contribution in [-0.4, -0.2) is 31.7 Å². The summed E-state index contributed by atoms with van der Waals surface area (Å²) in [4.78, 5) is 11.2. The van der Waals surface area contributed by atoms with Gasteiger partial charge in [-0.3, -0.25) is 4.79 Å². The average molecular weight is 351 g/mol. The van der Waals surface area contributed by atoms with Crippen LogP contribution < -0.4 is 5.73 Å². The SMILES string of the molecule is Cc1c(Cl)ccc(S(=O)(=O)N2CCC(C(N)=O)CC2)c1Cl. The summed E-state index contributed by atoms with van der Waals surface area (Å²) >= 11 is 12.0. The number of amides is 1. The molecule has 1 aliphatic rings. The number of primary amides is 1. The molecule has 0 aliphatic carbocycles. The van der Waals surface area contributed by atoms with Gasteiger partial charge in [0.1, 0.15) is 4.90 Å². The fourth-order valence-electron chi connectivity index (χ4n) is 2.36. The highest BCUT2D eigenvalue weighted by molar-refractivity contribution is 7.89. The van der Waals surface area contributed by atoms with E-state index in [0.717, 1.165) is 0 Å². The monoisotopic (exact) mass is 350 g/mol. The lowest BCUT2D eigenvalue weighted by Gasteiger charge is -2.30. The Hall–Kier alpha value is -0.820. The molecule has 0 bridgehead atoms. The number of halogens is 2. The lowest BCUT2D eigenvalue weighted by molar-refractivity contribution is -0.122. The van der Waals surface area contributed by atoms with Gasteiger partial charge in [0.2, 0.25) is 15.9 Å². The van der Waals surface area contributed by atoms with Crippen LogP contribution in [0.15, 0.2) is 17.0 Å². The van der Waals surface area contributed by atoms with E-state index in [9.17, 15) is 13.2 Å². The maximum absolute atomic E-state index is 12.6. The van der Waals surface area contributed by atoms with Crippen LogP contribution in [0.3, 0.4) is 0 Å². The van der Waals surface area contributed by atoms with Crippen molar-refractivity contribution in [3.05, 3.63) is 27.7 Å². The summed E-state index contributed by atoms with van der Waals surface area (Å²) in [6.45, 7) is 2.19. The Kier molecular flexibility index (Phi) is 4.82. The molecule has 8 heteroatoms. The first kappa shape index (κ1) is 16.5. The zero-order chi connectivity index (χ0) is 15.8. The van der Waals surface area contributed by atoms with E-state index in [-0.39, 0.29) is 34.8 Å². The molecule has 2 N–H and O–H groups in total.